The Balaban J connectivity index is 2.06. The van der Waals surface area contributed by atoms with Crippen LogP contribution in [0.3, 0.4) is 0 Å². The molecule has 3 aromatic rings. The van der Waals surface area contributed by atoms with Crippen molar-refractivity contribution in [3.63, 3.8) is 0 Å². The highest BCUT2D eigenvalue weighted by atomic mass is 16.1. The van der Waals surface area contributed by atoms with E-state index in [0.29, 0.717) is 0 Å². The summed E-state index contributed by atoms with van der Waals surface area (Å²) in [5.41, 5.74) is 9.46. The van der Waals surface area contributed by atoms with Gasteiger partial charge in [0.05, 0.1) is 17.1 Å². The Labute approximate surface area is 103 Å². The molecular weight excluding hydrogens is 228 g/mol. The largest absolute Gasteiger partial charge is 0.323 e. The zero-order chi connectivity index (χ0) is 12.5. The molecule has 2 heterocycles. The number of imidazole rings is 1. The molecule has 0 aliphatic rings. The lowest BCUT2D eigenvalue weighted by Gasteiger charge is -2.12. The van der Waals surface area contributed by atoms with E-state index in [0.717, 1.165) is 22.2 Å². The van der Waals surface area contributed by atoms with Gasteiger partial charge in [0.25, 0.3) is 0 Å². The number of fused-ring (bicyclic) bond motifs is 1. The molecule has 0 aliphatic carbocycles. The van der Waals surface area contributed by atoms with E-state index >= 15 is 0 Å². The Bertz CT molecular complexity index is 729. The highest BCUT2D eigenvalue weighted by Crippen LogP contribution is 2.21. The number of hydrogen-bond acceptors (Lipinski definition) is 3. The molecule has 90 valence electrons. The van der Waals surface area contributed by atoms with E-state index < -0.39 is 0 Å². The number of aromatic amines is 2. The molecule has 0 amide bonds. The average Bonchev–Trinajstić information content (AvgIpc) is 2.78. The molecule has 1 aromatic carbocycles. The zero-order valence-electron chi connectivity index (χ0n) is 9.55. The SMILES string of the molecule is NC(c1ccncc1)c1ccc2[nH]c(=O)[nH]c2c1. The van der Waals surface area contributed by atoms with Gasteiger partial charge in [-0.2, -0.15) is 0 Å². The molecule has 0 aliphatic heterocycles. The van der Waals surface area contributed by atoms with Gasteiger partial charge in [-0.3, -0.25) is 4.98 Å². The first-order chi connectivity index (χ1) is 8.74. The zero-order valence-corrected chi connectivity index (χ0v) is 9.55. The van der Waals surface area contributed by atoms with Gasteiger partial charge in [0.1, 0.15) is 0 Å². The third kappa shape index (κ3) is 1.80. The van der Waals surface area contributed by atoms with Gasteiger partial charge in [-0.25, -0.2) is 4.79 Å². The van der Waals surface area contributed by atoms with Crippen molar-refractivity contribution in [2.24, 2.45) is 5.73 Å². The van der Waals surface area contributed by atoms with Crippen molar-refractivity contribution in [3.8, 4) is 0 Å². The van der Waals surface area contributed by atoms with Crippen LogP contribution in [0.2, 0.25) is 0 Å². The van der Waals surface area contributed by atoms with E-state index in [9.17, 15) is 4.79 Å². The van der Waals surface area contributed by atoms with Gasteiger partial charge in [-0.05, 0) is 35.4 Å². The number of nitrogens with one attached hydrogen (secondary N) is 2. The fraction of sp³-hybridized carbons (Fsp3) is 0.0769. The van der Waals surface area contributed by atoms with E-state index in [1.807, 2.05) is 30.3 Å². The lowest BCUT2D eigenvalue weighted by atomic mass is 10.0. The van der Waals surface area contributed by atoms with E-state index in [1.54, 1.807) is 12.4 Å². The van der Waals surface area contributed by atoms with E-state index in [2.05, 4.69) is 15.0 Å². The summed E-state index contributed by atoms with van der Waals surface area (Å²) in [4.78, 5) is 20.6. The van der Waals surface area contributed by atoms with Crippen LogP contribution in [0, 0.1) is 0 Å². The van der Waals surface area contributed by atoms with Crippen LogP contribution in [0.25, 0.3) is 11.0 Å². The van der Waals surface area contributed by atoms with Crippen LogP contribution in [0.1, 0.15) is 17.2 Å². The number of pyridine rings is 1. The molecule has 2 aromatic heterocycles. The van der Waals surface area contributed by atoms with Gasteiger partial charge in [-0.15, -0.1) is 0 Å². The molecule has 0 bridgehead atoms. The van der Waals surface area contributed by atoms with Crippen molar-refractivity contribution in [2.75, 3.05) is 0 Å². The number of hydrogen-bond donors (Lipinski definition) is 3. The topological polar surface area (TPSA) is 87.6 Å². The minimum absolute atomic E-state index is 0.209. The number of nitrogens with two attached hydrogens (primary N) is 1. The van der Waals surface area contributed by atoms with Crippen molar-refractivity contribution < 1.29 is 0 Å². The van der Waals surface area contributed by atoms with Gasteiger partial charge in [-0.1, -0.05) is 6.07 Å². The lowest BCUT2D eigenvalue weighted by Crippen LogP contribution is -2.11. The second-order valence-corrected chi connectivity index (χ2v) is 4.14. The molecule has 0 saturated heterocycles. The molecular formula is C13H12N4O. The van der Waals surface area contributed by atoms with Gasteiger partial charge < -0.3 is 15.7 Å². The predicted molar refractivity (Wildman–Crippen MR) is 69.2 cm³/mol. The highest BCUT2D eigenvalue weighted by Gasteiger charge is 2.09. The van der Waals surface area contributed by atoms with Crippen molar-refractivity contribution >= 4 is 11.0 Å². The summed E-state index contributed by atoms with van der Waals surface area (Å²) in [5.74, 6) is 0. The molecule has 5 heteroatoms. The van der Waals surface area contributed by atoms with Crippen LogP contribution in [0.15, 0.2) is 47.5 Å². The quantitative estimate of drug-likeness (QED) is 0.631. The second kappa shape index (κ2) is 4.12. The van der Waals surface area contributed by atoms with Gasteiger partial charge in [0.2, 0.25) is 0 Å². The molecule has 4 N–H and O–H groups in total. The maximum atomic E-state index is 11.2. The lowest BCUT2D eigenvalue weighted by molar-refractivity contribution is 0.869. The Morgan fingerprint density at radius 3 is 2.50 bits per heavy atom. The van der Waals surface area contributed by atoms with Crippen LogP contribution in [-0.2, 0) is 0 Å². The van der Waals surface area contributed by atoms with Gasteiger partial charge in [0, 0.05) is 12.4 Å². The molecule has 1 atom stereocenters. The summed E-state index contributed by atoms with van der Waals surface area (Å²) in [6.07, 6.45) is 3.43. The predicted octanol–water partition coefficient (Wildman–Crippen LogP) is 1.30. The fourth-order valence-electron chi connectivity index (χ4n) is 2.01. The van der Waals surface area contributed by atoms with E-state index in [-0.39, 0.29) is 11.7 Å². The van der Waals surface area contributed by atoms with Crippen LogP contribution in [0.5, 0.6) is 0 Å². The third-order valence-electron chi connectivity index (χ3n) is 2.96. The Hall–Kier alpha value is -2.40. The molecule has 0 saturated carbocycles. The fourth-order valence-corrected chi connectivity index (χ4v) is 2.01. The van der Waals surface area contributed by atoms with Crippen LogP contribution in [-0.4, -0.2) is 15.0 Å². The molecule has 18 heavy (non-hydrogen) atoms. The summed E-state index contributed by atoms with van der Waals surface area (Å²) in [6.45, 7) is 0. The molecule has 3 rings (SSSR count). The van der Waals surface area contributed by atoms with Crippen molar-refractivity contribution in [2.45, 2.75) is 6.04 Å². The maximum absolute atomic E-state index is 11.2. The first-order valence-corrected chi connectivity index (χ1v) is 5.61. The summed E-state index contributed by atoms with van der Waals surface area (Å²) < 4.78 is 0. The number of nitrogens with zero attached hydrogens (tertiary/aromatic N) is 1. The number of aromatic nitrogens is 3. The van der Waals surface area contributed by atoms with E-state index in [4.69, 9.17) is 5.73 Å². The monoisotopic (exact) mass is 240 g/mol. The summed E-state index contributed by atoms with van der Waals surface area (Å²) in [7, 11) is 0. The van der Waals surface area contributed by atoms with Crippen LogP contribution in [0.4, 0.5) is 0 Å². The molecule has 0 fully saturated rings. The van der Waals surface area contributed by atoms with Crippen molar-refractivity contribution in [1.82, 2.24) is 15.0 Å². The standard InChI is InChI=1S/C13H12N4O/c14-12(8-3-5-15-6-4-8)9-1-2-10-11(7-9)17-13(18)16-10/h1-7,12H,14H2,(H2,16,17,18). The Morgan fingerprint density at radius 2 is 1.72 bits per heavy atom. The second-order valence-electron chi connectivity index (χ2n) is 4.14. The normalized spacial score (nSPS) is 12.7. The van der Waals surface area contributed by atoms with Crippen molar-refractivity contribution in [3.05, 3.63) is 64.3 Å². The Kier molecular flexibility index (Phi) is 2.46. The van der Waals surface area contributed by atoms with Gasteiger partial charge >= 0.3 is 5.69 Å². The summed E-state index contributed by atoms with van der Waals surface area (Å²) >= 11 is 0. The smallest absolute Gasteiger partial charge is 0.320 e. The minimum atomic E-state index is -0.226. The average molecular weight is 240 g/mol. The molecule has 5 nitrogen and oxygen atoms in total. The van der Waals surface area contributed by atoms with Crippen LogP contribution >= 0.6 is 0 Å². The Morgan fingerprint density at radius 1 is 1.00 bits per heavy atom. The minimum Gasteiger partial charge on any atom is -0.320 e. The third-order valence-corrected chi connectivity index (χ3v) is 2.96. The first kappa shape index (κ1) is 10.7. The number of rotatable bonds is 2. The summed E-state index contributed by atoms with van der Waals surface area (Å²) in [5, 5.41) is 0. The maximum Gasteiger partial charge on any atom is 0.323 e. The van der Waals surface area contributed by atoms with E-state index in [1.165, 1.54) is 0 Å². The molecule has 1 unspecified atom stereocenters. The van der Waals surface area contributed by atoms with Crippen molar-refractivity contribution in [1.29, 1.82) is 0 Å². The van der Waals surface area contributed by atoms with Crippen LogP contribution < -0.4 is 11.4 Å². The number of benzene rings is 1. The first-order valence-electron chi connectivity index (χ1n) is 5.61. The molecule has 0 spiro atoms. The highest BCUT2D eigenvalue weighted by molar-refractivity contribution is 5.75. The molecule has 0 radical (unpaired) electrons. The number of H-pyrrole nitrogens is 2. The van der Waals surface area contributed by atoms with Gasteiger partial charge in [0.15, 0.2) is 0 Å². The summed E-state index contributed by atoms with van der Waals surface area (Å²) in [6, 6.07) is 9.19.